The Morgan fingerprint density at radius 3 is 2.53 bits per heavy atom. The van der Waals surface area contributed by atoms with Crippen molar-refractivity contribution in [3.8, 4) is 0 Å². The first-order valence-corrected chi connectivity index (χ1v) is 6.76. The Labute approximate surface area is 117 Å². The second-order valence-corrected chi connectivity index (χ2v) is 5.53. The van der Waals surface area contributed by atoms with Crippen molar-refractivity contribution in [1.82, 2.24) is 15.2 Å². The summed E-state index contributed by atoms with van der Waals surface area (Å²) in [5, 5.41) is 4.87. The summed E-state index contributed by atoms with van der Waals surface area (Å²) in [5.41, 5.74) is 5.23. The molecule has 1 aliphatic rings. The Morgan fingerprint density at radius 2 is 2.05 bits per heavy atom. The molecule has 4 nitrogen and oxygen atoms in total. The molecule has 1 aliphatic carbocycles. The largest absolute Gasteiger partial charge is 0.271 e. The van der Waals surface area contributed by atoms with Crippen LogP contribution in [0.25, 0.3) is 0 Å². The van der Waals surface area contributed by atoms with E-state index in [0.29, 0.717) is 5.02 Å². The van der Waals surface area contributed by atoms with Crippen molar-refractivity contribution in [1.29, 1.82) is 0 Å². The fraction of sp³-hybridized carbons (Fsp3) is 0.357. The Hall–Kier alpha value is -1.36. The summed E-state index contributed by atoms with van der Waals surface area (Å²) in [4.78, 5) is 0. The molecule has 3 N–H and O–H groups in total. The van der Waals surface area contributed by atoms with E-state index in [4.69, 9.17) is 17.4 Å². The molecule has 0 bridgehead atoms. The van der Waals surface area contributed by atoms with Gasteiger partial charge in [-0.2, -0.15) is 5.10 Å². The molecule has 1 aromatic heterocycles. The third kappa shape index (κ3) is 1.96. The van der Waals surface area contributed by atoms with Crippen molar-refractivity contribution in [3.05, 3.63) is 52.8 Å². The highest BCUT2D eigenvalue weighted by atomic mass is 35.5. The van der Waals surface area contributed by atoms with Crippen LogP contribution in [0.2, 0.25) is 5.02 Å². The minimum atomic E-state index is -0.0186. The first-order valence-electron chi connectivity index (χ1n) is 6.38. The van der Waals surface area contributed by atoms with E-state index < -0.39 is 0 Å². The highest BCUT2D eigenvalue weighted by Gasteiger charge is 2.52. The van der Waals surface area contributed by atoms with Crippen LogP contribution in [0, 0.1) is 0 Å². The van der Waals surface area contributed by atoms with E-state index in [2.05, 4.69) is 34.8 Å². The summed E-state index contributed by atoms with van der Waals surface area (Å²) in [6, 6.07) is 10.4. The number of hydrogen-bond donors (Lipinski definition) is 2. The van der Waals surface area contributed by atoms with Crippen LogP contribution in [0.3, 0.4) is 0 Å². The molecule has 3 rings (SSSR count). The smallest absolute Gasteiger partial charge is 0.0834 e. The fourth-order valence-corrected chi connectivity index (χ4v) is 3.17. The van der Waals surface area contributed by atoms with E-state index in [1.807, 2.05) is 13.1 Å². The number of hydrazine groups is 1. The summed E-state index contributed by atoms with van der Waals surface area (Å²) < 4.78 is 1.80. The van der Waals surface area contributed by atoms with Gasteiger partial charge in [0, 0.05) is 12.5 Å². The molecule has 1 heterocycles. The van der Waals surface area contributed by atoms with Gasteiger partial charge in [-0.15, -0.1) is 0 Å². The van der Waals surface area contributed by atoms with Gasteiger partial charge < -0.3 is 0 Å². The normalized spacial score (nSPS) is 18.3. The summed E-state index contributed by atoms with van der Waals surface area (Å²) in [6.07, 6.45) is 3.88. The van der Waals surface area contributed by atoms with E-state index in [0.717, 1.165) is 18.5 Å². The minimum absolute atomic E-state index is 0.0186. The van der Waals surface area contributed by atoms with Gasteiger partial charge in [-0.25, -0.2) is 0 Å². The molecule has 0 radical (unpaired) electrons. The van der Waals surface area contributed by atoms with Gasteiger partial charge in [-0.3, -0.25) is 16.0 Å². The zero-order valence-corrected chi connectivity index (χ0v) is 11.6. The zero-order chi connectivity index (χ0) is 13.5. The average Bonchev–Trinajstić information content (AvgIpc) is 3.17. The highest BCUT2D eigenvalue weighted by molar-refractivity contribution is 6.31. The van der Waals surface area contributed by atoms with Crippen molar-refractivity contribution < 1.29 is 0 Å². The topological polar surface area (TPSA) is 55.9 Å². The van der Waals surface area contributed by atoms with Crippen molar-refractivity contribution >= 4 is 11.6 Å². The molecule has 2 aromatic rings. The average molecular weight is 277 g/mol. The van der Waals surface area contributed by atoms with Crippen LogP contribution in [0.15, 0.2) is 36.5 Å². The van der Waals surface area contributed by atoms with Gasteiger partial charge >= 0.3 is 0 Å². The second kappa shape index (κ2) is 4.63. The molecule has 0 spiro atoms. The lowest BCUT2D eigenvalue weighted by molar-refractivity contribution is 0.413. The van der Waals surface area contributed by atoms with Gasteiger partial charge in [0.15, 0.2) is 0 Å². The summed E-state index contributed by atoms with van der Waals surface area (Å²) in [6.45, 7) is 0. The number of nitrogens with two attached hydrogens (primary N) is 1. The molecule has 100 valence electrons. The van der Waals surface area contributed by atoms with E-state index in [1.54, 1.807) is 10.9 Å². The predicted molar refractivity (Wildman–Crippen MR) is 75.6 cm³/mol. The van der Waals surface area contributed by atoms with Crippen molar-refractivity contribution in [2.75, 3.05) is 0 Å². The Kier molecular flexibility index (Phi) is 3.09. The molecule has 5 heteroatoms. The SMILES string of the molecule is Cn1ncc(Cl)c1C(NN)C1(c2ccccc2)CC1. The fourth-order valence-electron chi connectivity index (χ4n) is 2.89. The molecule has 1 unspecified atom stereocenters. The number of aryl methyl sites for hydroxylation is 1. The standard InChI is InChI=1S/C14H17ClN4/c1-19-12(11(15)9-17-19)13(18-16)14(7-8-14)10-5-3-2-4-6-10/h2-6,9,13,18H,7-8,16H2,1H3. The van der Waals surface area contributed by atoms with Gasteiger partial charge in [0.05, 0.1) is 23.0 Å². The maximum Gasteiger partial charge on any atom is 0.0834 e. The second-order valence-electron chi connectivity index (χ2n) is 5.12. The van der Waals surface area contributed by atoms with Crippen LogP contribution in [-0.2, 0) is 12.5 Å². The molecule has 0 aliphatic heterocycles. The molecule has 0 saturated heterocycles. The van der Waals surface area contributed by atoms with Crippen LogP contribution in [0.4, 0.5) is 0 Å². The number of nitrogens with one attached hydrogen (secondary N) is 1. The van der Waals surface area contributed by atoms with E-state index in [9.17, 15) is 0 Å². The number of benzene rings is 1. The monoisotopic (exact) mass is 276 g/mol. The third-order valence-corrected chi connectivity index (χ3v) is 4.36. The van der Waals surface area contributed by atoms with E-state index in [1.165, 1.54) is 5.56 Å². The Morgan fingerprint density at radius 1 is 1.37 bits per heavy atom. The lowest BCUT2D eigenvalue weighted by Gasteiger charge is -2.27. The molecule has 1 fully saturated rings. The van der Waals surface area contributed by atoms with Gasteiger partial charge in [0.2, 0.25) is 0 Å². The van der Waals surface area contributed by atoms with Crippen molar-refractivity contribution in [2.24, 2.45) is 12.9 Å². The number of nitrogens with zero attached hydrogens (tertiary/aromatic N) is 2. The molecular weight excluding hydrogens is 260 g/mol. The van der Waals surface area contributed by atoms with E-state index in [-0.39, 0.29) is 11.5 Å². The molecule has 19 heavy (non-hydrogen) atoms. The minimum Gasteiger partial charge on any atom is -0.271 e. The molecular formula is C14H17ClN4. The quantitative estimate of drug-likeness (QED) is 0.666. The number of hydrogen-bond acceptors (Lipinski definition) is 3. The van der Waals surface area contributed by atoms with Crippen LogP contribution in [0.1, 0.15) is 30.1 Å². The Balaban J connectivity index is 2.04. The molecule has 1 saturated carbocycles. The summed E-state index contributed by atoms with van der Waals surface area (Å²) >= 11 is 6.26. The van der Waals surface area contributed by atoms with Gasteiger partial charge in [0.1, 0.15) is 0 Å². The predicted octanol–water partition coefficient (Wildman–Crippen LogP) is 2.31. The van der Waals surface area contributed by atoms with Crippen LogP contribution < -0.4 is 11.3 Å². The number of rotatable bonds is 4. The Bertz CT molecular complexity index is 555. The summed E-state index contributed by atoms with van der Waals surface area (Å²) in [5.74, 6) is 5.82. The lowest BCUT2D eigenvalue weighted by Crippen LogP contribution is -2.38. The maximum absolute atomic E-state index is 6.26. The molecule has 0 amide bonds. The van der Waals surface area contributed by atoms with Crippen LogP contribution >= 0.6 is 11.6 Å². The molecule has 1 aromatic carbocycles. The van der Waals surface area contributed by atoms with Crippen LogP contribution in [-0.4, -0.2) is 9.78 Å². The first kappa shape index (κ1) is 12.7. The van der Waals surface area contributed by atoms with Crippen molar-refractivity contribution in [2.45, 2.75) is 24.3 Å². The van der Waals surface area contributed by atoms with Crippen LogP contribution in [0.5, 0.6) is 0 Å². The first-order chi connectivity index (χ1) is 9.19. The highest BCUT2D eigenvalue weighted by Crippen LogP contribution is 2.56. The lowest BCUT2D eigenvalue weighted by atomic mass is 9.86. The zero-order valence-electron chi connectivity index (χ0n) is 10.8. The van der Waals surface area contributed by atoms with Gasteiger partial charge in [-0.05, 0) is 18.4 Å². The molecule has 1 atom stereocenters. The summed E-state index contributed by atoms with van der Waals surface area (Å²) in [7, 11) is 1.90. The number of aromatic nitrogens is 2. The third-order valence-electron chi connectivity index (χ3n) is 4.07. The number of halogens is 1. The van der Waals surface area contributed by atoms with E-state index >= 15 is 0 Å². The van der Waals surface area contributed by atoms with Crippen molar-refractivity contribution in [3.63, 3.8) is 0 Å². The van der Waals surface area contributed by atoms with Gasteiger partial charge in [0.25, 0.3) is 0 Å². The van der Waals surface area contributed by atoms with Gasteiger partial charge in [-0.1, -0.05) is 41.9 Å². The maximum atomic E-state index is 6.26.